The van der Waals surface area contributed by atoms with Gasteiger partial charge in [-0.05, 0) is 0 Å². The summed E-state index contributed by atoms with van der Waals surface area (Å²) in [7, 11) is -10.1. The zero-order valence-electron chi connectivity index (χ0n) is 22.4. The molecule has 0 spiro atoms. The minimum Gasteiger partial charge on any atom is -0.386 e. The van der Waals surface area contributed by atoms with Gasteiger partial charge in [0, 0.05) is 0 Å². The summed E-state index contributed by atoms with van der Waals surface area (Å²) < 4.78 is 60.9. The Morgan fingerprint density at radius 3 is 1.93 bits per heavy atom. The van der Waals surface area contributed by atoms with E-state index < -0.39 is 83.5 Å². The third kappa shape index (κ3) is 5.31. The Hall–Kier alpha value is -3.44. The quantitative estimate of drug-likeness (QED) is 0.109. The molecule has 23 nitrogen and oxygen atoms in total. The van der Waals surface area contributed by atoms with Crippen LogP contribution in [-0.4, -0.2) is 109 Å². The molecule has 0 radical (unpaired) electrons. The maximum Gasteiger partial charge on any atom is 0.472 e. The predicted molar refractivity (Wildman–Crippen MR) is 143 cm³/mol. The number of nitrogens with zero attached hydrogens (tertiary/aromatic N) is 7. The highest BCUT2D eigenvalue weighted by atomic mass is 31.2. The molecule has 7 rings (SSSR count). The molecule has 0 amide bonds. The van der Waals surface area contributed by atoms with Gasteiger partial charge in [-0.3, -0.25) is 37.0 Å². The maximum absolute atomic E-state index is 13.1. The Bertz CT molecular complexity index is 1940. The Kier molecular flexibility index (Phi) is 7.27. The summed E-state index contributed by atoms with van der Waals surface area (Å²) in [5, 5.41) is 22.2. The molecule has 3 aliphatic heterocycles. The molecule has 9 N–H and O–H groups in total. The van der Waals surface area contributed by atoms with Gasteiger partial charge < -0.3 is 40.9 Å². The van der Waals surface area contributed by atoms with Gasteiger partial charge in [0.05, 0.1) is 25.9 Å². The van der Waals surface area contributed by atoms with Gasteiger partial charge in [-0.15, -0.1) is 0 Å². The van der Waals surface area contributed by atoms with E-state index in [4.69, 9.17) is 39.0 Å². The van der Waals surface area contributed by atoms with Crippen molar-refractivity contribution in [3.8, 4) is 0 Å². The first-order chi connectivity index (χ1) is 21.3. The average molecular weight is 674 g/mol. The van der Waals surface area contributed by atoms with Crippen LogP contribution in [0.3, 0.4) is 0 Å². The average Bonchev–Trinajstić information content (AvgIpc) is 3.72. The van der Waals surface area contributed by atoms with Crippen LogP contribution in [0.25, 0.3) is 22.3 Å². The highest BCUT2D eigenvalue weighted by Gasteiger charge is 2.54. The second-order valence-electron chi connectivity index (χ2n) is 10.1. The van der Waals surface area contributed by atoms with E-state index in [1.807, 2.05) is 0 Å². The lowest BCUT2D eigenvalue weighted by Crippen LogP contribution is -2.39. The third-order valence-electron chi connectivity index (χ3n) is 7.32. The third-order valence-corrected chi connectivity index (χ3v) is 9.29. The fourth-order valence-electron chi connectivity index (χ4n) is 5.32. The van der Waals surface area contributed by atoms with Crippen molar-refractivity contribution in [2.75, 3.05) is 24.7 Å². The minimum absolute atomic E-state index is 0.0383. The number of phosphoric acid groups is 2. The van der Waals surface area contributed by atoms with Crippen molar-refractivity contribution in [1.82, 2.24) is 39.0 Å². The van der Waals surface area contributed by atoms with E-state index in [1.54, 1.807) is 0 Å². The number of imidazole rings is 2. The first kappa shape index (κ1) is 30.2. The van der Waals surface area contributed by atoms with Crippen LogP contribution in [0, 0.1) is 0 Å². The number of hydrogen-bond donors (Lipinski definition) is 7. The van der Waals surface area contributed by atoms with E-state index >= 15 is 0 Å². The topological polar surface area (TPSA) is 330 Å². The molecule has 4 aromatic rings. The number of hydrogen-bond acceptors (Lipinski definition) is 18. The summed E-state index contributed by atoms with van der Waals surface area (Å²) in [5.74, 6) is -0.230. The highest BCUT2D eigenvalue weighted by Crippen LogP contribution is 2.53. The molecular weight excluding hydrogens is 650 g/mol. The van der Waals surface area contributed by atoms with Crippen molar-refractivity contribution >= 4 is 49.7 Å². The molecule has 10 atom stereocenters. The van der Waals surface area contributed by atoms with E-state index in [0.29, 0.717) is 0 Å². The van der Waals surface area contributed by atoms with Crippen LogP contribution in [0.2, 0.25) is 0 Å². The molecule has 0 aromatic carbocycles. The van der Waals surface area contributed by atoms with Crippen LogP contribution in [0.1, 0.15) is 12.5 Å². The lowest BCUT2D eigenvalue weighted by atomic mass is 10.1. The van der Waals surface area contributed by atoms with Crippen LogP contribution in [-0.2, 0) is 36.7 Å². The van der Waals surface area contributed by atoms with E-state index in [0.717, 1.165) is 17.2 Å². The second kappa shape index (κ2) is 10.8. The van der Waals surface area contributed by atoms with E-state index in [1.165, 1.54) is 10.9 Å². The standard InChI is InChI=1S/C20H24N10O13P2/c21-14-8-15(24-3-23-14)29(4-25-8)18-10(31)12-6(40-18)1-38-45(36,37)43-13-7(2-39-44(34,35)42-12)41-19(11(13)32)30-5-26-9-16(30)27-20(22)28-17(9)33/h3-7,10-13,18-19,31-32H,1-2H2,(H,34,35)(H,36,37)(H2,21,23,24)(H3,22,27,28,33)/t6-,7-,10?,11?,12?,13?,18-,19-/m1/s1. The van der Waals surface area contributed by atoms with Crippen molar-refractivity contribution < 1.29 is 56.7 Å². The van der Waals surface area contributed by atoms with Gasteiger partial charge in [0.15, 0.2) is 35.1 Å². The highest BCUT2D eigenvalue weighted by molar-refractivity contribution is 7.47. The van der Waals surface area contributed by atoms with Gasteiger partial charge in [-0.2, -0.15) is 4.98 Å². The van der Waals surface area contributed by atoms with Crippen LogP contribution >= 0.6 is 15.6 Å². The predicted octanol–water partition coefficient (Wildman–Crippen LogP) is -2.34. The number of aliphatic hydroxyl groups excluding tert-OH is 2. The van der Waals surface area contributed by atoms with Crippen LogP contribution in [0.4, 0.5) is 11.8 Å². The summed E-state index contributed by atoms with van der Waals surface area (Å²) in [6.07, 6.45) is -9.11. The van der Waals surface area contributed by atoms with Gasteiger partial charge in [-0.25, -0.2) is 29.1 Å². The fourth-order valence-corrected chi connectivity index (χ4v) is 7.25. The molecule has 25 heteroatoms. The van der Waals surface area contributed by atoms with E-state index in [2.05, 4.69) is 29.9 Å². The van der Waals surface area contributed by atoms with Gasteiger partial charge in [-0.1, -0.05) is 0 Å². The molecule has 6 unspecified atom stereocenters. The van der Waals surface area contributed by atoms with Crippen LogP contribution in [0.15, 0.2) is 23.8 Å². The molecule has 3 saturated heterocycles. The Morgan fingerprint density at radius 2 is 1.36 bits per heavy atom. The number of nitrogens with one attached hydrogen (secondary N) is 1. The first-order valence-corrected chi connectivity index (χ1v) is 15.9. The largest absolute Gasteiger partial charge is 0.472 e. The summed E-state index contributed by atoms with van der Waals surface area (Å²) in [6, 6.07) is 0. The molecule has 0 aliphatic carbocycles. The Balaban J connectivity index is 1.17. The van der Waals surface area contributed by atoms with Crippen molar-refractivity contribution in [1.29, 1.82) is 0 Å². The molecular formula is C20H24N10O13P2. The minimum atomic E-state index is -5.06. The number of ether oxygens (including phenoxy) is 2. The number of aromatic nitrogens is 8. The molecule has 3 aliphatic rings. The smallest absolute Gasteiger partial charge is 0.386 e. The van der Waals surface area contributed by atoms with Gasteiger partial charge in [0.25, 0.3) is 5.56 Å². The van der Waals surface area contributed by atoms with Gasteiger partial charge in [0.1, 0.15) is 48.5 Å². The fraction of sp³-hybridized carbons (Fsp3) is 0.500. The summed E-state index contributed by atoms with van der Waals surface area (Å²) in [6.45, 7) is -1.65. The van der Waals surface area contributed by atoms with Gasteiger partial charge in [0.2, 0.25) is 5.95 Å². The number of nitrogens with two attached hydrogens (primary N) is 2. The molecule has 0 saturated carbocycles. The summed E-state index contributed by atoms with van der Waals surface area (Å²) >= 11 is 0. The molecule has 45 heavy (non-hydrogen) atoms. The summed E-state index contributed by atoms with van der Waals surface area (Å²) in [5.41, 5.74) is 10.8. The van der Waals surface area contributed by atoms with Crippen molar-refractivity contribution in [3.63, 3.8) is 0 Å². The number of aliphatic hydroxyl groups is 2. The second-order valence-corrected chi connectivity index (χ2v) is 13.0. The monoisotopic (exact) mass is 674 g/mol. The Labute approximate surface area is 248 Å². The SMILES string of the molecule is Nc1nc2c(ncn2[C@@H]2O[C@@H]3COP(=O)(O)OC4C(O)[C@H](n5cnc6c(N)ncnc65)O[C@@H]4COP(=O)(O)OC3C2O)c(=O)[nH]1. The zero-order chi connectivity index (χ0) is 31.8. The van der Waals surface area contributed by atoms with Crippen LogP contribution in [0.5, 0.6) is 0 Å². The van der Waals surface area contributed by atoms with E-state index in [-0.39, 0.29) is 34.1 Å². The number of anilines is 2. The van der Waals surface area contributed by atoms with Gasteiger partial charge >= 0.3 is 15.6 Å². The maximum atomic E-state index is 13.1. The van der Waals surface area contributed by atoms with Crippen molar-refractivity contribution in [3.05, 3.63) is 29.3 Å². The number of fused-ring (bicyclic) bond motifs is 4. The van der Waals surface area contributed by atoms with Crippen molar-refractivity contribution in [2.45, 2.75) is 49.1 Å². The first-order valence-electron chi connectivity index (χ1n) is 13.0. The molecule has 7 heterocycles. The summed E-state index contributed by atoms with van der Waals surface area (Å²) in [4.78, 5) is 55.6. The van der Waals surface area contributed by atoms with Crippen molar-refractivity contribution in [2.24, 2.45) is 0 Å². The normalized spacial score (nSPS) is 37.7. The number of aromatic amines is 1. The molecule has 4 aromatic heterocycles. The molecule has 0 bridgehead atoms. The number of H-pyrrole nitrogens is 1. The molecule has 3 fully saturated rings. The lowest BCUT2D eigenvalue weighted by Gasteiger charge is -2.27. The molecule has 242 valence electrons. The van der Waals surface area contributed by atoms with E-state index in [9.17, 15) is 33.9 Å². The number of phosphoric ester groups is 2. The lowest BCUT2D eigenvalue weighted by molar-refractivity contribution is -0.0664. The Morgan fingerprint density at radius 1 is 0.822 bits per heavy atom. The number of nitrogen functional groups attached to an aromatic ring is 2. The zero-order valence-corrected chi connectivity index (χ0v) is 24.2. The van der Waals surface area contributed by atoms with Crippen LogP contribution < -0.4 is 17.0 Å². The number of rotatable bonds is 2.